The van der Waals surface area contributed by atoms with Crippen molar-refractivity contribution in [1.82, 2.24) is 9.21 Å². The van der Waals surface area contributed by atoms with Crippen molar-refractivity contribution in [2.24, 2.45) is 0 Å². The smallest absolute Gasteiger partial charge is 0.243 e. The molecule has 1 aliphatic rings. The van der Waals surface area contributed by atoms with E-state index < -0.39 is 10.0 Å². The lowest BCUT2D eigenvalue weighted by Gasteiger charge is -2.37. The maximum Gasteiger partial charge on any atom is 0.243 e. The Kier molecular flexibility index (Phi) is 7.70. The van der Waals surface area contributed by atoms with Crippen molar-refractivity contribution in [3.8, 4) is 0 Å². The fraction of sp³-hybridized carbons (Fsp3) is 0.269. The van der Waals surface area contributed by atoms with Crippen molar-refractivity contribution in [2.45, 2.75) is 18.4 Å². The molecule has 0 aromatic heterocycles. The van der Waals surface area contributed by atoms with Crippen molar-refractivity contribution >= 4 is 37.5 Å². The first-order chi connectivity index (χ1) is 16.3. The highest BCUT2D eigenvalue weighted by Gasteiger charge is 2.30. The van der Waals surface area contributed by atoms with Crippen molar-refractivity contribution in [3.63, 3.8) is 0 Å². The second kappa shape index (κ2) is 10.7. The summed E-state index contributed by atoms with van der Waals surface area (Å²) in [4.78, 5) is 17.4. The summed E-state index contributed by atoms with van der Waals surface area (Å²) in [5.41, 5.74) is 3.07. The van der Waals surface area contributed by atoms with E-state index in [0.29, 0.717) is 26.2 Å². The van der Waals surface area contributed by atoms with Crippen LogP contribution in [-0.2, 0) is 21.4 Å². The van der Waals surface area contributed by atoms with E-state index in [0.717, 1.165) is 21.3 Å². The Balaban J connectivity index is 1.50. The summed E-state index contributed by atoms with van der Waals surface area (Å²) in [6.45, 7) is 4.47. The summed E-state index contributed by atoms with van der Waals surface area (Å²) in [5.74, 6) is -0.180. The minimum absolute atomic E-state index is 0.133. The second-order valence-electron chi connectivity index (χ2n) is 8.42. The molecular formula is C26H28BrN3O3S. The molecule has 3 aromatic carbocycles. The zero-order valence-electron chi connectivity index (χ0n) is 19.1. The maximum atomic E-state index is 13.5. The number of anilines is 1. The van der Waals surface area contributed by atoms with Gasteiger partial charge in [0.2, 0.25) is 15.9 Å². The maximum absolute atomic E-state index is 13.5. The molecule has 1 heterocycles. The third-order valence-corrected chi connectivity index (χ3v) is 8.33. The average molecular weight is 542 g/mol. The van der Waals surface area contributed by atoms with E-state index in [4.69, 9.17) is 0 Å². The normalized spacial score (nSPS) is 14.4. The molecule has 8 heteroatoms. The molecule has 3 aromatic rings. The predicted molar refractivity (Wildman–Crippen MR) is 138 cm³/mol. The van der Waals surface area contributed by atoms with Gasteiger partial charge in [0.25, 0.3) is 0 Å². The summed E-state index contributed by atoms with van der Waals surface area (Å²) in [6, 6.07) is 24.3. The molecule has 0 N–H and O–H groups in total. The SMILES string of the molecule is Cc1ccc(CN(CC(=O)N2CCN(c3ccccc3)CC2)S(=O)(=O)c2ccc(Br)cc2)cc1. The van der Waals surface area contributed by atoms with Gasteiger partial charge in [-0.1, -0.05) is 64.0 Å². The fourth-order valence-electron chi connectivity index (χ4n) is 3.98. The number of piperazine rings is 1. The molecule has 1 fully saturated rings. The van der Waals surface area contributed by atoms with Gasteiger partial charge >= 0.3 is 0 Å². The topological polar surface area (TPSA) is 60.9 Å². The highest BCUT2D eigenvalue weighted by molar-refractivity contribution is 9.10. The molecule has 1 aliphatic heterocycles. The molecule has 0 spiro atoms. The van der Waals surface area contributed by atoms with Crippen LogP contribution in [0.5, 0.6) is 0 Å². The molecule has 6 nitrogen and oxygen atoms in total. The van der Waals surface area contributed by atoms with E-state index >= 15 is 0 Å². The second-order valence-corrected chi connectivity index (χ2v) is 11.3. The number of carbonyl (C=O) groups excluding carboxylic acids is 1. The van der Waals surface area contributed by atoms with Crippen LogP contribution in [0.3, 0.4) is 0 Å². The number of rotatable bonds is 7. The highest BCUT2D eigenvalue weighted by atomic mass is 79.9. The van der Waals surface area contributed by atoms with Crippen LogP contribution in [0.15, 0.2) is 88.2 Å². The Morgan fingerprint density at radius 2 is 1.50 bits per heavy atom. The van der Waals surface area contributed by atoms with E-state index in [9.17, 15) is 13.2 Å². The Morgan fingerprint density at radius 1 is 0.882 bits per heavy atom. The van der Waals surface area contributed by atoms with Crippen molar-refractivity contribution in [3.05, 3.63) is 94.5 Å². The number of benzene rings is 3. The number of carbonyl (C=O) groups is 1. The molecule has 0 aliphatic carbocycles. The van der Waals surface area contributed by atoms with Crippen molar-refractivity contribution in [2.75, 3.05) is 37.6 Å². The quantitative estimate of drug-likeness (QED) is 0.447. The number of sulfonamides is 1. The third-order valence-electron chi connectivity index (χ3n) is 6.00. The van der Waals surface area contributed by atoms with E-state index in [1.807, 2.05) is 49.4 Å². The Hall–Kier alpha value is -2.68. The van der Waals surface area contributed by atoms with Crippen molar-refractivity contribution < 1.29 is 13.2 Å². The van der Waals surface area contributed by atoms with Gasteiger partial charge < -0.3 is 9.80 Å². The first kappa shape index (κ1) is 24.4. The minimum Gasteiger partial charge on any atom is -0.368 e. The van der Waals surface area contributed by atoms with Crippen molar-refractivity contribution in [1.29, 1.82) is 0 Å². The zero-order chi connectivity index (χ0) is 24.1. The summed E-state index contributed by atoms with van der Waals surface area (Å²) in [7, 11) is -3.86. The number of nitrogens with zero attached hydrogens (tertiary/aromatic N) is 3. The molecule has 0 radical (unpaired) electrons. The van der Waals surface area contributed by atoms with Crippen LogP contribution < -0.4 is 4.90 Å². The lowest BCUT2D eigenvalue weighted by atomic mass is 10.1. The van der Waals surface area contributed by atoms with E-state index in [1.54, 1.807) is 29.2 Å². The van der Waals surface area contributed by atoms with Gasteiger partial charge in [0.1, 0.15) is 0 Å². The number of amides is 1. The molecule has 4 rings (SSSR count). The van der Waals surface area contributed by atoms with Gasteiger partial charge in [-0.15, -0.1) is 0 Å². The fourth-order valence-corrected chi connectivity index (χ4v) is 5.62. The number of aryl methyl sites for hydroxylation is 1. The monoisotopic (exact) mass is 541 g/mol. The van der Waals surface area contributed by atoms with Gasteiger partial charge in [-0.2, -0.15) is 4.31 Å². The first-order valence-electron chi connectivity index (χ1n) is 11.2. The number of para-hydroxylation sites is 1. The lowest BCUT2D eigenvalue weighted by molar-refractivity contribution is -0.131. The molecule has 0 atom stereocenters. The van der Waals surface area contributed by atoms with Crippen LogP contribution in [0.4, 0.5) is 5.69 Å². The number of hydrogen-bond acceptors (Lipinski definition) is 4. The van der Waals surface area contributed by atoms with Crippen LogP contribution in [0.25, 0.3) is 0 Å². The number of halogens is 1. The van der Waals surface area contributed by atoms with Crippen LogP contribution >= 0.6 is 15.9 Å². The van der Waals surface area contributed by atoms with Gasteiger partial charge in [0.05, 0.1) is 11.4 Å². The molecule has 34 heavy (non-hydrogen) atoms. The van der Waals surface area contributed by atoms with Crippen LogP contribution in [0.1, 0.15) is 11.1 Å². The molecular weight excluding hydrogens is 514 g/mol. The third kappa shape index (κ3) is 5.87. The van der Waals surface area contributed by atoms with Crippen LogP contribution in [0, 0.1) is 6.92 Å². The predicted octanol–water partition coefficient (Wildman–Crippen LogP) is 4.30. The molecule has 178 valence electrons. The highest BCUT2D eigenvalue weighted by Crippen LogP contribution is 2.22. The minimum atomic E-state index is -3.86. The van der Waals surface area contributed by atoms with Gasteiger partial charge in [-0.3, -0.25) is 4.79 Å². The van der Waals surface area contributed by atoms with Gasteiger partial charge in [0, 0.05) is 42.9 Å². The van der Waals surface area contributed by atoms with E-state index in [-0.39, 0.29) is 23.9 Å². The average Bonchev–Trinajstić information content (AvgIpc) is 2.86. The molecule has 0 bridgehead atoms. The van der Waals surface area contributed by atoms with Crippen LogP contribution in [-0.4, -0.2) is 56.3 Å². The van der Waals surface area contributed by atoms with Gasteiger partial charge in [-0.05, 0) is 48.9 Å². The van der Waals surface area contributed by atoms with Gasteiger partial charge in [0.15, 0.2) is 0 Å². The standard InChI is InChI=1S/C26H28BrN3O3S/c1-21-7-9-22(10-8-21)19-30(34(32,33)25-13-11-23(27)12-14-25)20-26(31)29-17-15-28(16-18-29)24-5-3-2-4-6-24/h2-14H,15-20H2,1H3. The largest absolute Gasteiger partial charge is 0.368 e. The summed E-state index contributed by atoms with van der Waals surface area (Å²) >= 11 is 3.35. The summed E-state index contributed by atoms with van der Waals surface area (Å²) in [5, 5.41) is 0. The Morgan fingerprint density at radius 3 is 2.12 bits per heavy atom. The Bertz CT molecular complexity index is 1210. The molecule has 0 unspecified atom stereocenters. The number of hydrogen-bond donors (Lipinski definition) is 0. The van der Waals surface area contributed by atoms with E-state index in [2.05, 4.69) is 33.0 Å². The summed E-state index contributed by atoms with van der Waals surface area (Å²) < 4.78 is 29.1. The molecule has 1 saturated heterocycles. The van der Waals surface area contributed by atoms with Gasteiger partial charge in [-0.25, -0.2) is 8.42 Å². The van der Waals surface area contributed by atoms with Crippen LogP contribution in [0.2, 0.25) is 0 Å². The first-order valence-corrected chi connectivity index (χ1v) is 13.5. The summed E-state index contributed by atoms with van der Waals surface area (Å²) in [6.07, 6.45) is 0. The molecule has 0 saturated carbocycles. The van der Waals surface area contributed by atoms with E-state index in [1.165, 1.54) is 4.31 Å². The Labute approximate surface area is 210 Å². The lowest BCUT2D eigenvalue weighted by Crippen LogP contribution is -2.51. The zero-order valence-corrected chi connectivity index (χ0v) is 21.5. The molecule has 1 amide bonds.